The Morgan fingerprint density at radius 1 is 0.824 bits per heavy atom. The molecule has 0 fully saturated rings. The van der Waals surface area contributed by atoms with E-state index >= 15 is 0 Å². The number of benzene rings is 2. The molecule has 0 saturated carbocycles. The van der Waals surface area contributed by atoms with Gasteiger partial charge in [-0.15, -0.1) is 12.4 Å². The summed E-state index contributed by atoms with van der Waals surface area (Å²) in [6, 6.07) is 18.8. The summed E-state index contributed by atoms with van der Waals surface area (Å²) in [5.41, 5.74) is 9.43. The fraction of sp³-hybridized carbons (Fsp3) is 0.200. The molecule has 0 saturated heterocycles. The lowest BCUT2D eigenvalue weighted by atomic mass is 9.92. The molecule has 0 aliphatic carbocycles. The van der Waals surface area contributed by atoms with Crippen molar-refractivity contribution in [3.8, 4) is 11.1 Å². The zero-order valence-electron chi connectivity index (χ0n) is 10.2. The third kappa shape index (κ3) is 3.32. The van der Waals surface area contributed by atoms with Gasteiger partial charge in [0.1, 0.15) is 0 Å². The normalized spacial score (nSPS) is 10.8. The van der Waals surface area contributed by atoms with Gasteiger partial charge in [0.15, 0.2) is 0 Å². The van der Waals surface area contributed by atoms with Crippen molar-refractivity contribution in [2.75, 3.05) is 0 Å². The van der Waals surface area contributed by atoms with Crippen LogP contribution < -0.4 is 5.73 Å². The molecule has 0 atom stereocenters. The summed E-state index contributed by atoms with van der Waals surface area (Å²) in [5.74, 6) is 0. The van der Waals surface area contributed by atoms with Gasteiger partial charge in [-0.1, -0.05) is 48.5 Å². The summed E-state index contributed by atoms with van der Waals surface area (Å²) in [6.45, 7) is 4.05. The summed E-state index contributed by atoms with van der Waals surface area (Å²) in [6.07, 6.45) is 0. The number of hydrogen-bond donors (Lipinski definition) is 1. The molecule has 2 heteroatoms. The monoisotopic (exact) mass is 247 g/mol. The lowest BCUT2D eigenvalue weighted by molar-refractivity contribution is 0.554. The van der Waals surface area contributed by atoms with Gasteiger partial charge in [-0.2, -0.15) is 0 Å². The average molecular weight is 248 g/mol. The van der Waals surface area contributed by atoms with Crippen molar-refractivity contribution in [1.29, 1.82) is 0 Å². The Bertz CT molecular complexity index is 472. The summed E-state index contributed by atoms with van der Waals surface area (Å²) < 4.78 is 0. The molecular formula is C15H18ClN. The number of halogens is 1. The first kappa shape index (κ1) is 13.8. The topological polar surface area (TPSA) is 26.0 Å². The van der Waals surface area contributed by atoms with E-state index in [2.05, 4.69) is 48.5 Å². The van der Waals surface area contributed by atoms with Crippen molar-refractivity contribution in [3.63, 3.8) is 0 Å². The first-order chi connectivity index (χ1) is 7.57. The Kier molecular flexibility index (Phi) is 4.33. The Hall–Kier alpha value is -1.31. The van der Waals surface area contributed by atoms with Crippen LogP contribution in [-0.4, -0.2) is 0 Å². The molecule has 2 aromatic carbocycles. The predicted octanol–water partition coefficient (Wildman–Crippen LogP) is 3.97. The molecule has 0 bridgehead atoms. The quantitative estimate of drug-likeness (QED) is 0.854. The van der Waals surface area contributed by atoms with Gasteiger partial charge in [0.25, 0.3) is 0 Å². The van der Waals surface area contributed by atoms with Crippen LogP contribution in [0.2, 0.25) is 0 Å². The molecule has 0 heterocycles. The molecule has 90 valence electrons. The van der Waals surface area contributed by atoms with E-state index in [0.29, 0.717) is 0 Å². The second kappa shape index (κ2) is 5.35. The highest BCUT2D eigenvalue weighted by atomic mass is 35.5. The zero-order chi connectivity index (χ0) is 11.6. The number of rotatable bonds is 2. The van der Waals surface area contributed by atoms with Crippen LogP contribution in [0, 0.1) is 0 Å². The minimum absolute atomic E-state index is 0. The Labute approximate surface area is 109 Å². The molecule has 0 amide bonds. The van der Waals surface area contributed by atoms with Crippen molar-refractivity contribution < 1.29 is 0 Å². The van der Waals surface area contributed by atoms with E-state index in [-0.39, 0.29) is 17.9 Å². The largest absolute Gasteiger partial charge is 0.322 e. The lowest BCUT2D eigenvalue weighted by Crippen LogP contribution is -2.28. The first-order valence-corrected chi connectivity index (χ1v) is 5.52. The summed E-state index contributed by atoms with van der Waals surface area (Å²) in [4.78, 5) is 0. The van der Waals surface area contributed by atoms with Crippen LogP contribution in [-0.2, 0) is 5.54 Å². The van der Waals surface area contributed by atoms with Gasteiger partial charge in [0.2, 0.25) is 0 Å². The maximum Gasteiger partial charge on any atom is 0.0352 e. The van der Waals surface area contributed by atoms with Crippen LogP contribution >= 0.6 is 12.4 Å². The van der Waals surface area contributed by atoms with Gasteiger partial charge in [-0.25, -0.2) is 0 Å². The standard InChI is InChI=1S/C15H17N.ClH/c1-15(2,16)14-10-6-9-13(11-14)12-7-4-3-5-8-12;/h3-11H,16H2,1-2H3;1H. The molecule has 2 N–H and O–H groups in total. The second-order valence-corrected chi connectivity index (χ2v) is 4.67. The van der Waals surface area contributed by atoms with E-state index in [1.54, 1.807) is 0 Å². The summed E-state index contributed by atoms with van der Waals surface area (Å²) >= 11 is 0. The van der Waals surface area contributed by atoms with E-state index in [9.17, 15) is 0 Å². The van der Waals surface area contributed by atoms with E-state index < -0.39 is 0 Å². The van der Waals surface area contributed by atoms with Crippen molar-refractivity contribution in [2.24, 2.45) is 5.73 Å². The molecule has 17 heavy (non-hydrogen) atoms. The van der Waals surface area contributed by atoms with Crippen LogP contribution in [0.3, 0.4) is 0 Å². The van der Waals surface area contributed by atoms with Gasteiger partial charge in [0, 0.05) is 5.54 Å². The van der Waals surface area contributed by atoms with E-state index in [1.165, 1.54) is 11.1 Å². The van der Waals surface area contributed by atoms with Crippen LogP contribution in [0.5, 0.6) is 0 Å². The minimum Gasteiger partial charge on any atom is -0.322 e. The molecule has 0 aromatic heterocycles. The minimum atomic E-state index is -0.287. The van der Waals surface area contributed by atoms with Gasteiger partial charge in [-0.3, -0.25) is 0 Å². The van der Waals surface area contributed by atoms with Crippen LogP contribution in [0.25, 0.3) is 11.1 Å². The average Bonchev–Trinajstić information content (AvgIpc) is 2.29. The fourth-order valence-electron chi connectivity index (χ4n) is 1.73. The highest BCUT2D eigenvalue weighted by molar-refractivity contribution is 5.85. The molecule has 0 aliphatic rings. The Morgan fingerprint density at radius 3 is 2.00 bits per heavy atom. The van der Waals surface area contributed by atoms with Gasteiger partial charge in [-0.05, 0) is 36.6 Å². The highest BCUT2D eigenvalue weighted by Crippen LogP contribution is 2.24. The van der Waals surface area contributed by atoms with Crippen LogP contribution in [0.15, 0.2) is 54.6 Å². The Morgan fingerprint density at radius 2 is 1.41 bits per heavy atom. The molecule has 2 rings (SSSR count). The van der Waals surface area contributed by atoms with Gasteiger partial charge in [0.05, 0.1) is 0 Å². The molecule has 0 spiro atoms. The summed E-state index contributed by atoms with van der Waals surface area (Å²) in [5, 5.41) is 0. The SMILES string of the molecule is CC(C)(N)c1cccc(-c2ccccc2)c1.Cl. The molecule has 0 radical (unpaired) electrons. The molecule has 0 aliphatic heterocycles. The van der Waals surface area contributed by atoms with Crippen molar-refractivity contribution >= 4 is 12.4 Å². The third-order valence-electron chi connectivity index (χ3n) is 2.71. The van der Waals surface area contributed by atoms with E-state index in [0.717, 1.165) is 5.56 Å². The molecule has 2 aromatic rings. The molecule has 0 unspecified atom stereocenters. The smallest absolute Gasteiger partial charge is 0.0352 e. The van der Waals surface area contributed by atoms with Crippen molar-refractivity contribution in [2.45, 2.75) is 19.4 Å². The highest BCUT2D eigenvalue weighted by Gasteiger charge is 2.14. The van der Waals surface area contributed by atoms with Crippen molar-refractivity contribution in [3.05, 3.63) is 60.2 Å². The maximum atomic E-state index is 6.10. The van der Waals surface area contributed by atoms with Crippen LogP contribution in [0.4, 0.5) is 0 Å². The molecule has 1 nitrogen and oxygen atoms in total. The third-order valence-corrected chi connectivity index (χ3v) is 2.71. The van der Waals surface area contributed by atoms with Crippen LogP contribution in [0.1, 0.15) is 19.4 Å². The number of nitrogens with two attached hydrogens (primary N) is 1. The van der Waals surface area contributed by atoms with Gasteiger partial charge >= 0.3 is 0 Å². The Balaban J connectivity index is 0.00000144. The lowest BCUT2D eigenvalue weighted by Gasteiger charge is -2.19. The molecular weight excluding hydrogens is 230 g/mol. The zero-order valence-corrected chi connectivity index (χ0v) is 11.0. The van der Waals surface area contributed by atoms with Crippen molar-refractivity contribution in [1.82, 2.24) is 0 Å². The second-order valence-electron chi connectivity index (χ2n) is 4.67. The maximum absolute atomic E-state index is 6.10. The number of hydrogen-bond acceptors (Lipinski definition) is 1. The fourth-order valence-corrected chi connectivity index (χ4v) is 1.73. The predicted molar refractivity (Wildman–Crippen MR) is 76.3 cm³/mol. The summed E-state index contributed by atoms with van der Waals surface area (Å²) in [7, 11) is 0. The first-order valence-electron chi connectivity index (χ1n) is 5.52. The van der Waals surface area contributed by atoms with Gasteiger partial charge < -0.3 is 5.73 Å². The van der Waals surface area contributed by atoms with E-state index in [4.69, 9.17) is 5.73 Å². The van der Waals surface area contributed by atoms with E-state index in [1.807, 2.05) is 19.9 Å².